The van der Waals surface area contributed by atoms with Gasteiger partial charge in [-0.2, -0.15) is 4.98 Å². The largest absolute Gasteiger partial charge is 0.573 e. The number of aliphatic hydroxyl groups is 1. The van der Waals surface area contributed by atoms with E-state index in [1.165, 1.54) is 22.2 Å². The van der Waals surface area contributed by atoms with Gasteiger partial charge in [-0.3, -0.25) is 18.5 Å². The Balaban J connectivity index is 2.16. The molecular weight excluding hydrogens is 433 g/mol. The summed E-state index contributed by atoms with van der Waals surface area (Å²) in [5.41, 5.74) is -0.450. The monoisotopic (exact) mass is 456 g/mol. The Kier molecular flexibility index (Phi) is 6.63. The summed E-state index contributed by atoms with van der Waals surface area (Å²) < 4.78 is 51.2. The minimum Gasteiger partial charge on any atom is -0.425 e. The fraction of sp³-hybridized carbons (Fsp3) is 0.450. The Labute approximate surface area is 180 Å². The minimum atomic E-state index is -4.86. The minimum absolute atomic E-state index is 0.0291. The van der Waals surface area contributed by atoms with Gasteiger partial charge in [0.25, 0.3) is 5.56 Å². The Bertz CT molecular complexity index is 1240. The number of rotatable bonds is 8. The smallest absolute Gasteiger partial charge is 0.425 e. The predicted molar refractivity (Wildman–Crippen MR) is 109 cm³/mol. The van der Waals surface area contributed by atoms with Crippen LogP contribution < -0.4 is 20.7 Å². The van der Waals surface area contributed by atoms with Crippen LogP contribution in [0.3, 0.4) is 0 Å². The molecule has 0 unspecified atom stereocenters. The van der Waals surface area contributed by atoms with Gasteiger partial charge in [0.15, 0.2) is 11.2 Å². The molecule has 0 aliphatic heterocycles. The van der Waals surface area contributed by atoms with E-state index in [4.69, 9.17) is 9.84 Å². The predicted octanol–water partition coefficient (Wildman–Crippen LogP) is 2.69. The summed E-state index contributed by atoms with van der Waals surface area (Å²) in [5, 5.41) is 9.08. The van der Waals surface area contributed by atoms with Gasteiger partial charge in [-0.25, -0.2) is 4.79 Å². The number of aryl methyl sites for hydroxylation is 3. The number of nitrogens with zero attached hydrogens (tertiary/aromatic N) is 4. The second kappa shape index (κ2) is 9.07. The van der Waals surface area contributed by atoms with E-state index in [1.54, 1.807) is 6.92 Å². The second-order valence-corrected chi connectivity index (χ2v) is 7.17. The average molecular weight is 456 g/mol. The number of ether oxygens (including phenoxy) is 2. The van der Waals surface area contributed by atoms with Gasteiger partial charge in [0, 0.05) is 32.8 Å². The first-order valence-electron chi connectivity index (χ1n) is 9.92. The van der Waals surface area contributed by atoms with Crippen molar-refractivity contribution in [3.05, 3.63) is 44.6 Å². The van der Waals surface area contributed by atoms with Crippen molar-refractivity contribution in [1.29, 1.82) is 0 Å². The first-order valence-corrected chi connectivity index (χ1v) is 9.92. The Morgan fingerprint density at radius 1 is 1.16 bits per heavy atom. The highest BCUT2D eigenvalue weighted by atomic mass is 19.4. The number of aliphatic hydroxyl groups excluding tert-OH is 1. The van der Waals surface area contributed by atoms with Gasteiger partial charge in [-0.05, 0) is 31.4 Å². The van der Waals surface area contributed by atoms with Crippen molar-refractivity contribution < 1.29 is 27.8 Å². The number of fused-ring (bicyclic) bond motifs is 1. The van der Waals surface area contributed by atoms with Crippen LogP contribution in [0, 0.1) is 6.92 Å². The molecule has 3 rings (SSSR count). The molecule has 1 aromatic carbocycles. The van der Waals surface area contributed by atoms with Crippen molar-refractivity contribution in [2.24, 2.45) is 7.05 Å². The molecule has 0 amide bonds. The lowest BCUT2D eigenvalue weighted by molar-refractivity contribution is -0.274. The van der Waals surface area contributed by atoms with E-state index >= 15 is 0 Å². The normalized spacial score (nSPS) is 11.8. The Morgan fingerprint density at radius 3 is 2.50 bits per heavy atom. The summed E-state index contributed by atoms with van der Waals surface area (Å²) in [7, 11) is 1.45. The fourth-order valence-electron chi connectivity index (χ4n) is 3.27. The molecule has 0 spiro atoms. The lowest BCUT2D eigenvalue weighted by Gasteiger charge is -2.13. The zero-order valence-corrected chi connectivity index (χ0v) is 17.8. The quantitative estimate of drug-likeness (QED) is 0.560. The van der Waals surface area contributed by atoms with E-state index in [0.717, 1.165) is 16.7 Å². The highest BCUT2D eigenvalue weighted by Crippen LogP contribution is 2.32. The van der Waals surface area contributed by atoms with Crippen molar-refractivity contribution in [3.8, 4) is 17.5 Å². The topological polar surface area (TPSA) is 101 Å². The maximum Gasteiger partial charge on any atom is 0.573 e. The van der Waals surface area contributed by atoms with Crippen LogP contribution in [0.1, 0.15) is 25.3 Å². The van der Waals surface area contributed by atoms with Crippen LogP contribution in [0.25, 0.3) is 11.2 Å². The Hall–Kier alpha value is -3.28. The highest BCUT2D eigenvalue weighted by Gasteiger charge is 2.31. The molecule has 0 radical (unpaired) electrons. The molecule has 1 N–H and O–H groups in total. The molecule has 0 bridgehead atoms. The molecule has 174 valence electrons. The van der Waals surface area contributed by atoms with Crippen LogP contribution in [0.15, 0.2) is 27.8 Å². The highest BCUT2D eigenvalue weighted by molar-refractivity contribution is 5.72. The van der Waals surface area contributed by atoms with Crippen LogP contribution in [-0.4, -0.2) is 36.8 Å². The lowest BCUT2D eigenvalue weighted by atomic mass is 10.2. The van der Waals surface area contributed by atoms with Crippen LogP contribution in [0.2, 0.25) is 0 Å². The number of imidazole rings is 1. The van der Waals surface area contributed by atoms with Gasteiger partial charge in [0.2, 0.25) is 0 Å². The third-order valence-corrected chi connectivity index (χ3v) is 4.78. The van der Waals surface area contributed by atoms with Crippen molar-refractivity contribution >= 4 is 11.2 Å². The zero-order valence-electron chi connectivity index (χ0n) is 17.8. The zero-order chi connectivity index (χ0) is 23.6. The van der Waals surface area contributed by atoms with Crippen LogP contribution in [0.5, 0.6) is 17.5 Å². The molecule has 2 aromatic heterocycles. The summed E-state index contributed by atoms with van der Waals surface area (Å²) in [6, 6.07) is 3.60. The summed E-state index contributed by atoms with van der Waals surface area (Å²) in [4.78, 5) is 30.0. The van der Waals surface area contributed by atoms with Gasteiger partial charge in [0.1, 0.15) is 11.5 Å². The van der Waals surface area contributed by atoms with Gasteiger partial charge < -0.3 is 14.6 Å². The van der Waals surface area contributed by atoms with E-state index in [1.807, 2.05) is 6.92 Å². The summed E-state index contributed by atoms with van der Waals surface area (Å²) in [6.45, 7) is 3.66. The third kappa shape index (κ3) is 4.64. The van der Waals surface area contributed by atoms with Crippen molar-refractivity contribution in [2.75, 3.05) is 6.61 Å². The molecule has 12 heteroatoms. The van der Waals surface area contributed by atoms with Crippen molar-refractivity contribution in [2.45, 2.75) is 46.1 Å². The van der Waals surface area contributed by atoms with Crippen LogP contribution >= 0.6 is 0 Å². The van der Waals surface area contributed by atoms with Crippen LogP contribution in [0.4, 0.5) is 13.2 Å². The summed E-state index contributed by atoms with van der Waals surface area (Å²) in [6.07, 6.45) is -4.05. The third-order valence-electron chi connectivity index (χ3n) is 4.78. The average Bonchev–Trinajstić information content (AvgIpc) is 3.06. The molecule has 0 saturated heterocycles. The van der Waals surface area contributed by atoms with E-state index in [-0.39, 0.29) is 42.5 Å². The lowest BCUT2D eigenvalue weighted by Crippen LogP contribution is -2.39. The molecule has 3 aromatic rings. The molecule has 0 fully saturated rings. The van der Waals surface area contributed by atoms with Gasteiger partial charge in [-0.15, -0.1) is 13.2 Å². The molecular formula is C20H23F3N4O5. The van der Waals surface area contributed by atoms with E-state index in [2.05, 4.69) is 9.72 Å². The summed E-state index contributed by atoms with van der Waals surface area (Å²) >= 11 is 0. The van der Waals surface area contributed by atoms with Crippen molar-refractivity contribution in [3.63, 3.8) is 0 Å². The maximum atomic E-state index is 13.1. The van der Waals surface area contributed by atoms with Crippen LogP contribution in [-0.2, 0) is 20.1 Å². The first-order chi connectivity index (χ1) is 15.1. The molecule has 2 heterocycles. The molecule has 0 saturated carbocycles. The fourth-order valence-corrected chi connectivity index (χ4v) is 3.27. The van der Waals surface area contributed by atoms with Gasteiger partial charge in [-0.1, -0.05) is 13.0 Å². The molecule has 0 aliphatic rings. The number of benzene rings is 1. The number of hydrogen-bond donors (Lipinski definition) is 1. The van der Waals surface area contributed by atoms with Gasteiger partial charge >= 0.3 is 18.1 Å². The number of aromatic nitrogens is 4. The molecule has 9 nitrogen and oxygen atoms in total. The van der Waals surface area contributed by atoms with Crippen molar-refractivity contribution in [1.82, 2.24) is 18.7 Å². The van der Waals surface area contributed by atoms with Gasteiger partial charge in [0.05, 0.1) is 0 Å². The molecule has 32 heavy (non-hydrogen) atoms. The molecule has 0 atom stereocenters. The van der Waals surface area contributed by atoms with E-state index in [9.17, 15) is 22.8 Å². The SMILES string of the molecule is CCCn1c(Oc2cc(OC(F)(F)F)ccc2C)nc2c1c(=O)n(CCCO)c(=O)n2C. The summed E-state index contributed by atoms with van der Waals surface area (Å²) in [5.74, 6) is -0.403. The van der Waals surface area contributed by atoms with E-state index < -0.39 is 23.4 Å². The number of hydrogen-bond acceptors (Lipinski definition) is 6. The number of alkyl halides is 3. The molecule has 0 aliphatic carbocycles. The maximum absolute atomic E-state index is 13.1. The Morgan fingerprint density at radius 2 is 1.88 bits per heavy atom. The second-order valence-electron chi connectivity index (χ2n) is 7.17. The first kappa shape index (κ1) is 23.4. The number of halogens is 3. The van der Waals surface area contributed by atoms with E-state index in [0.29, 0.717) is 18.5 Å². The standard InChI is InChI=1S/C20H23F3N4O5/c1-4-8-26-15-16(25(3)19(30)27(17(15)29)9-5-10-28)24-18(26)31-14-11-13(7-6-12(14)2)32-20(21,22)23/h6-7,11,28H,4-5,8-10H2,1-3H3.